The predicted molar refractivity (Wildman–Crippen MR) is 161 cm³/mol. The van der Waals surface area contributed by atoms with E-state index in [2.05, 4.69) is 48.0 Å². The molecule has 6 nitrogen and oxygen atoms in total. The van der Waals surface area contributed by atoms with Crippen LogP contribution in [0.2, 0.25) is 0 Å². The summed E-state index contributed by atoms with van der Waals surface area (Å²) in [6, 6.07) is 28.9. The Hall–Kier alpha value is -4.45. The highest BCUT2D eigenvalue weighted by Gasteiger charge is 2.33. The van der Waals surface area contributed by atoms with Crippen molar-refractivity contribution in [2.24, 2.45) is 7.05 Å². The first-order valence-electron chi connectivity index (χ1n) is 13.9. The lowest BCUT2D eigenvalue weighted by Gasteiger charge is -2.38. The van der Waals surface area contributed by atoms with E-state index < -0.39 is 5.60 Å². The van der Waals surface area contributed by atoms with E-state index in [0.717, 1.165) is 63.9 Å². The Labute approximate surface area is 235 Å². The van der Waals surface area contributed by atoms with Gasteiger partial charge in [-0.1, -0.05) is 72.8 Å². The molecular weight excluding hydrogens is 496 g/mol. The van der Waals surface area contributed by atoms with Crippen LogP contribution in [0.4, 0.5) is 10.5 Å². The maximum absolute atomic E-state index is 13.2. The third kappa shape index (κ3) is 4.86. The number of ether oxygens (including phenoxy) is 1. The van der Waals surface area contributed by atoms with Gasteiger partial charge in [-0.2, -0.15) is 0 Å². The second kappa shape index (κ2) is 10.3. The van der Waals surface area contributed by atoms with E-state index in [1.54, 1.807) is 0 Å². The molecule has 0 bridgehead atoms. The molecule has 2 aromatic heterocycles. The zero-order valence-corrected chi connectivity index (χ0v) is 23.5. The van der Waals surface area contributed by atoms with Gasteiger partial charge >= 0.3 is 6.09 Å². The van der Waals surface area contributed by atoms with Crippen molar-refractivity contribution in [3.63, 3.8) is 0 Å². The molecule has 6 heteroatoms. The molecule has 40 heavy (non-hydrogen) atoms. The van der Waals surface area contributed by atoms with Crippen LogP contribution in [-0.4, -0.2) is 32.3 Å². The van der Waals surface area contributed by atoms with Crippen LogP contribution < -0.4 is 4.90 Å². The van der Waals surface area contributed by atoms with Crippen LogP contribution >= 0.6 is 0 Å². The number of anilines is 1. The van der Waals surface area contributed by atoms with Crippen LogP contribution in [-0.2, 0) is 11.8 Å². The minimum absolute atomic E-state index is 0.166. The molecule has 2 heterocycles. The summed E-state index contributed by atoms with van der Waals surface area (Å²) in [6.07, 6.45) is 4.72. The van der Waals surface area contributed by atoms with Gasteiger partial charge in [0.05, 0.1) is 17.4 Å². The van der Waals surface area contributed by atoms with Gasteiger partial charge in [0.2, 0.25) is 0 Å². The summed E-state index contributed by atoms with van der Waals surface area (Å²) in [5.74, 6) is 0.692. The van der Waals surface area contributed by atoms with Crippen LogP contribution in [0, 0.1) is 0 Å². The molecule has 0 spiro atoms. The number of hydrogen-bond acceptors (Lipinski definition) is 4. The second-order valence-corrected chi connectivity index (χ2v) is 11.4. The number of fused-ring (bicyclic) bond motifs is 1. The van der Waals surface area contributed by atoms with E-state index in [4.69, 9.17) is 14.7 Å². The van der Waals surface area contributed by atoms with Gasteiger partial charge in [0.15, 0.2) is 5.82 Å². The fraction of sp³-hybridized carbons (Fsp3) is 0.265. The topological polar surface area (TPSA) is 60.2 Å². The third-order valence-corrected chi connectivity index (χ3v) is 7.48. The molecule has 1 aliphatic carbocycles. The van der Waals surface area contributed by atoms with Crippen molar-refractivity contribution in [3.8, 4) is 33.8 Å². The first-order valence-corrected chi connectivity index (χ1v) is 13.9. The predicted octanol–water partition coefficient (Wildman–Crippen LogP) is 8.26. The van der Waals surface area contributed by atoms with Gasteiger partial charge in [-0.15, -0.1) is 0 Å². The highest BCUT2D eigenvalue weighted by molar-refractivity contribution is 6.03. The van der Waals surface area contributed by atoms with Gasteiger partial charge in [-0.25, -0.2) is 14.8 Å². The maximum Gasteiger partial charge on any atom is 0.415 e. The van der Waals surface area contributed by atoms with Gasteiger partial charge in [0.25, 0.3) is 0 Å². The Bertz CT molecular complexity index is 1650. The smallest absolute Gasteiger partial charge is 0.415 e. The van der Waals surface area contributed by atoms with E-state index in [1.807, 2.05) is 80.4 Å². The van der Waals surface area contributed by atoms with E-state index >= 15 is 0 Å². The van der Waals surface area contributed by atoms with Crippen molar-refractivity contribution in [2.75, 3.05) is 4.90 Å². The second-order valence-electron chi connectivity index (χ2n) is 11.4. The van der Waals surface area contributed by atoms with Gasteiger partial charge in [0.1, 0.15) is 11.1 Å². The number of aryl methyl sites for hydroxylation is 1. The average molecular weight is 531 g/mol. The minimum Gasteiger partial charge on any atom is -0.443 e. The molecule has 1 amide bonds. The zero-order chi connectivity index (χ0) is 27.9. The van der Waals surface area contributed by atoms with Crippen LogP contribution in [0.3, 0.4) is 0 Å². The third-order valence-electron chi connectivity index (χ3n) is 7.48. The summed E-state index contributed by atoms with van der Waals surface area (Å²) in [7, 11) is 2.06. The van der Waals surface area contributed by atoms with Crippen LogP contribution in [0.1, 0.15) is 40.0 Å². The molecule has 1 saturated carbocycles. The lowest BCUT2D eigenvalue weighted by Crippen LogP contribution is -2.46. The van der Waals surface area contributed by atoms with Gasteiger partial charge in [0, 0.05) is 29.9 Å². The van der Waals surface area contributed by atoms with Gasteiger partial charge in [-0.05, 0) is 63.3 Å². The fourth-order valence-electron chi connectivity index (χ4n) is 5.35. The average Bonchev–Trinajstić information content (AvgIpc) is 3.22. The van der Waals surface area contributed by atoms with Crippen LogP contribution in [0.25, 0.3) is 44.8 Å². The van der Waals surface area contributed by atoms with Crippen molar-refractivity contribution >= 4 is 22.8 Å². The molecule has 0 unspecified atom stereocenters. The number of carbonyl (C=O) groups excluding carboxylic acids is 1. The molecule has 0 aliphatic heterocycles. The Morgan fingerprint density at radius 1 is 0.875 bits per heavy atom. The summed E-state index contributed by atoms with van der Waals surface area (Å²) < 4.78 is 7.96. The lowest BCUT2D eigenvalue weighted by atomic mass is 9.91. The van der Waals surface area contributed by atoms with Crippen molar-refractivity contribution in [2.45, 2.75) is 51.7 Å². The highest BCUT2D eigenvalue weighted by Crippen LogP contribution is 2.41. The Balaban J connectivity index is 1.48. The molecule has 0 radical (unpaired) electrons. The van der Waals surface area contributed by atoms with Crippen LogP contribution in [0.15, 0.2) is 91.1 Å². The minimum atomic E-state index is -0.553. The Morgan fingerprint density at radius 2 is 1.50 bits per heavy atom. The van der Waals surface area contributed by atoms with E-state index in [-0.39, 0.29) is 12.1 Å². The molecule has 6 rings (SSSR count). The van der Waals surface area contributed by atoms with Gasteiger partial charge in [-0.3, -0.25) is 4.90 Å². The Kier molecular flexibility index (Phi) is 6.62. The standard InChI is InChI=1S/C34H34N4O2/c1-34(2,3)40-33(39)38(26-16-11-17-26)27-20-18-23(19-21-27)29-30-28(37(4)31(29)24-12-7-5-8-13-24)22-35-32(36-30)25-14-9-6-10-15-25/h5-10,12-15,18-22,26H,11,16-17H2,1-4H3. The molecule has 0 saturated heterocycles. The molecule has 3 aromatic carbocycles. The summed E-state index contributed by atoms with van der Waals surface area (Å²) in [5, 5.41) is 0. The quantitative estimate of drug-likeness (QED) is 0.229. The summed E-state index contributed by atoms with van der Waals surface area (Å²) in [4.78, 5) is 24.8. The van der Waals surface area contributed by atoms with E-state index in [0.29, 0.717) is 5.82 Å². The number of carbonyl (C=O) groups is 1. The number of aromatic nitrogens is 3. The van der Waals surface area contributed by atoms with Crippen molar-refractivity contribution < 1.29 is 9.53 Å². The zero-order valence-electron chi connectivity index (χ0n) is 23.5. The molecule has 5 aromatic rings. The normalized spacial score (nSPS) is 13.7. The van der Waals surface area contributed by atoms with E-state index in [1.165, 1.54) is 0 Å². The number of benzene rings is 3. The van der Waals surface area contributed by atoms with Gasteiger partial charge < -0.3 is 9.30 Å². The number of amides is 1. The lowest BCUT2D eigenvalue weighted by molar-refractivity contribution is 0.0549. The van der Waals surface area contributed by atoms with Crippen LogP contribution in [0.5, 0.6) is 0 Å². The number of rotatable bonds is 5. The van der Waals surface area contributed by atoms with Crippen molar-refractivity contribution in [3.05, 3.63) is 91.1 Å². The molecule has 0 N–H and O–H groups in total. The highest BCUT2D eigenvalue weighted by atomic mass is 16.6. The first-order chi connectivity index (χ1) is 19.3. The van der Waals surface area contributed by atoms with Crippen molar-refractivity contribution in [1.29, 1.82) is 0 Å². The monoisotopic (exact) mass is 530 g/mol. The molecule has 202 valence electrons. The molecule has 1 aliphatic rings. The SMILES string of the molecule is Cn1c(-c2ccccc2)c(-c2ccc(N(C(=O)OC(C)(C)C)C3CCC3)cc2)c2nc(-c3ccccc3)ncc21. The fourth-order valence-corrected chi connectivity index (χ4v) is 5.35. The maximum atomic E-state index is 13.2. The number of nitrogens with zero attached hydrogens (tertiary/aromatic N) is 4. The largest absolute Gasteiger partial charge is 0.443 e. The summed E-state index contributed by atoms with van der Waals surface area (Å²) in [5.41, 5.74) is 7.38. The van der Waals surface area contributed by atoms with Crippen molar-refractivity contribution in [1.82, 2.24) is 14.5 Å². The summed E-state index contributed by atoms with van der Waals surface area (Å²) in [6.45, 7) is 5.72. The number of hydrogen-bond donors (Lipinski definition) is 0. The molecule has 0 atom stereocenters. The molecule has 1 fully saturated rings. The van der Waals surface area contributed by atoms with E-state index in [9.17, 15) is 4.79 Å². The molecular formula is C34H34N4O2. The summed E-state index contributed by atoms with van der Waals surface area (Å²) >= 11 is 0. The Morgan fingerprint density at radius 3 is 2.08 bits per heavy atom. The first kappa shape index (κ1) is 25.8.